The highest BCUT2D eigenvalue weighted by molar-refractivity contribution is 5.77. The van der Waals surface area contributed by atoms with Crippen molar-refractivity contribution in [2.75, 3.05) is 38.2 Å². The first-order valence-corrected chi connectivity index (χ1v) is 8.99. The van der Waals surface area contributed by atoms with Crippen molar-refractivity contribution in [2.45, 2.75) is 44.1 Å². The highest BCUT2D eigenvalue weighted by Crippen LogP contribution is 2.31. The number of anilines is 1. The Morgan fingerprint density at radius 3 is 2.29 bits per heavy atom. The first-order chi connectivity index (χ1) is 11.6. The molecule has 132 valence electrons. The zero-order valence-electron chi connectivity index (χ0n) is 14.5. The van der Waals surface area contributed by atoms with E-state index in [1.807, 2.05) is 17.0 Å². The van der Waals surface area contributed by atoms with Gasteiger partial charge in [0.2, 0.25) is 5.91 Å². The normalized spacial score (nSPS) is 20.8. The lowest BCUT2D eigenvalue weighted by atomic mass is 9.82. The number of aliphatic hydroxyl groups is 1. The summed E-state index contributed by atoms with van der Waals surface area (Å²) in [5.41, 5.74) is 0.399. The van der Waals surface area contributed by atoms with E-state index in [1.54, 1.807) is 7.11 Å². The van der Waals surface area contributed by atoms with Crippen LogP contribution in [0.25, 0.3) is 0 Å². The zero-order valence-corrected chi connectivity index (χ0v) is 14.5. The van der Waals surface area contributed by atoms with Gasteiger partial charge in [-0.25, -0.2) is 0 Å². The van der Waals surface area contributed by atoms with Crippen LogP contribution < -0.4 is 9.64 Å². The topological polar surface area (TPSA) is 53.0 Å². The predicted octanol–water partition coefficient (Wildman–Crippen LogP) is 2.43. The van der Waals surface area contributed by atoms with E-state index in [-0.39, 0.29) is 12.3 Å². The third-order valence-corrected chi connectivity index (χ3v) is 5.33. The fourth-order valence-corrected chi connectivity index (χ4v) is 3.79. The molecule has 0 spiro atoms. The van der Waals surface area contributed by atoms with Crippen molar-refractivity contribution in [3.8, 4) is 5.75 Å². The molecule has 1 aromatic carbocycles. The van der Waals surface area contributed by atoms with Crippen LogP contribution in [0.3, 0.4) is 0 Å². The lowest BCUT2D eigenvalue weighted by Gasteiger charge is -2.38. The molecule has 0 atom stereocenters. The molecule has 1 amide bonds. The smallest absolute Gasteiger partial charge is 0.225 e. The van der Waals surface area contributed by atoms with Crippen molar-refractivity contribution in [1.82, 2.24) is 4.90 Å². The number of hydrogen-bond acceptors (Lipinski definition) is 4. The fraction of sp³-hybridized carbons (Fsp3) is 0.632. The minimum atomic E-state index is -0.761. The molecule has 3 rings (SSSR count). The second-order valence-corrected chi connectivity index (χ2v) is 7.03. The Balaban J connectivity index is 1.51. The number of carbonyl (C=O) groups excluding carboxylic acids is 1. The summed E-state index contributed by atoms with van der Waals surface area (Å²) >= 11 is 0. The van der Waals surface area contributed by atoms with Gasteiger partial charge in [0.25, 0.3) is 0 Å². The zero-order chi connectivity index (χ0) is 17.0. The molecular formula is C19H28N2O3. The molecule has 2 aliphatic rings. The van der Waals surface area contributed by atoms with E-state index in [2.05, 4.69) is 17.0 Å². The molecule has 5 nitrogen and oxygen atoms in total. The maximum Gasteiger partial charge on any atom is 0.225 e. The number of piperazine rings is 1. The number of rotatable bonds is 4. The maximum absolute atomic E-state index is 12.5. The van der Waals surface area contributed by atoms with Gasteiger partial charge < -0.3 is 19.6 Å². The lowest BCUT2D eigenvalue weighted by molar-refractivity contribution is -0.138. The number of carbonyl (C=O) groups is 1. The average Bonchev–Trinajstić information content (AvgIpc) is 2.62. The third-order valence-electron chi connectivity index (χ3n) is 5.33. The van der Waals surface area contributed by atoms with Crippen molar-refractivity contribution in [3.05, 3.63) is 24.3 Å². The number of ether oxygens (including phenoxy) is 1. The van der Waals surface area contributed by atoms with E-state index in [4.69, 9.17) is 4.74 Å². The van der Waals surface area contributed by atoms with Gasteiger partial charge in [-0.15, -0.1) is 0 Å². The molecule has 0 bridgehead atoms. The van der Waals surface area contributed by atoms with Crippen molar-refractivity contribution in [3.63, 3.8) is 0 Å². The van der Waals surface area contributed by atoms with Crippen LogP contribution >= 0.6 is 0 Å². The van der Waals surface area contributed by atoms with Gasteiger partial charge in [0.05, 0.1) is 19.1 Å². The summed E-state index contributed by atoms with van der Waals surface area (Å²) in [6, 6.07) is 8.04. The molecule has 1 aliphatic heterocycles. The van der Waals surface area contributed by atoms with E-state index in [9.17, 15) is 9.90 Å². The molecule has 0 radical (unpaired) electrons. The number of benzene rings is 1. The second kappa shape index (κ2) is 7.43. The molecule has 1 saturated carbocycles. The summed E-state index contributed by atoms with van der Waals surface area (Å²) in [5.74, 6) is 0.960. The number of nitrogens with zero attached hydrogens (tertiary/aromatic N) is 2. The van der Waals surface area contributed by atoms with Crippen LogP contribution in [-0.4, -0.2) is 54.8 Å². The predicted molar refractivity (Wildman–Crippen MR) is 94.4 cm³/mol. The summed E-state index contributed by atoms with van der Waals surface area (Å²) < 4.78 is 5.19. The first-order valence-electron chi connectivity index (χ1n) is 8.99. The van der Waals surface area contributed by atoms with Gasteiger partial charge in [0.15, 0.2) is 0 Å². The second-order valence-electron chi connectivity index (χ2n) is 7.03. The van der Waals surface area contributed by atoms with Gasteiger partial charge in [0, 0.05) is 31.9 Å². The molecule has 0 aromatic heterocycles. The molecular weight excluding hydrogens is 304 g/mol. The van der Waals surface area contributed by atoms with Crippen molar-refractivity contribution >= 4 is 11.6 Å². The highest BCUT2D eigenvalue weighted by Gasteiger charge is 2.34. The molecule has 1 aliphatic carbocycles. The fourth-order valence-electron chi connectivity index (χ4n) is 3.79. The van der Waals surface area contributed by atoms with Crippen LogP contribution in [0, 0.1) is 0 Å². The molecule has 1 N–H and O–H groups in total. The van der Waals surface area contributed by atoms with E-state index in [0.29, 0.717) is 0 Å². The number of methoxy groups -OCH3 is 1. The molecule has 2 fully saturated rings. The van der Waals surface area contributed by atoms with Crippen LogP contribution in [0.5, 0.6) is 5.75 Å². The SMILES string of the molecule is COc1ccc(N2CCN(C(=O)CC3(O)CCCCC3)CC2)cc1. The van der Waals surface area contributed by atoms with Gasteiger partial charge in [-0.2, -0.15) is 0 Å². The molecule has 1 heterocycles. The van der Waals surface area contributed by atoms with Crippen LogP contribution in [0.2, 0.25) is 0 Å². The van der Waals surface area contributed by atoms with Crippen LogP contribution in [-0.2, 0) is 4.79 Å². The molecule has 0 unspecified atom stereocenters. The van der Waals surface area contributed by atoms with Gasteiger partial charge in [-0.05, 0) is 37.1 Å². The summed E-state index contributed by atoms with van der Waals surface area (Å²) in [6.07, 6.45) is 5.08. The monoisotopic (exact) mass is 332 g/mol. The van der Waals surface area contributed by atoms with E-state index in [1.165, 1.54) is 6.42 Å². The molecule has 5 heteroatoms. The van der Waals surface area contributed by atoms with Crippen LogP contribution in [0.4, 0.5) is 5.69 Å². The molecule has 1 saturated heterocycles. The maximum atomic E-state index is 12.5. The summed E-state index contributed by atoms with van der Waals surface area (Å²) in [4.78, 5) is 16.7. The van der Waals surface area contributed by atoms with Gasteiger partial charge in [-0.3, -0.25) is 4.79 Å². The average molecular weight is 332 g/mol. The van der Waals surface area contributed by atoms with Crippen LogP contribution in [0.1, 0.15) is 38.5 Å². The molecule has 1 aromatic rings. The minimum absolute atomic E-state index is 0.105. The standard InChI is InChI=1S/C19H28N2O3/c1-24-17-7-5-16(6-8-17)20-11-13-21(14-12-20)18(22)15-19(23)9-3-2-4-10-19/h5-8,23H,2-4,9-15H2,1H3. The summed E-state index contributed by atoms with van der Waals surface area (Å²) in [5, 5.41) is 10.6. The lowest BCUT2D eigenvalue weighted by Crippen LogP contribution is -2.50. The quantitative estimate of drug-likeness (QED) is 0.920. The van der Waals surface area contributed by atoms with Crippen molar-refractivity contribution in [1.29, 1.82) is 0 Å². The third kappa shape index (κ3) is 4.01. The minimum Gasteiger partial charge on any atom is -0.497 e. The Labute approximate surface area is 144 Å². The Kier molecular flexibility index (Phi) is 5.29. The van der Waals surface area contributed by atoms with Gasteiger partial charge in [-0.1, -0.05) is 19.3 Å². The number of hydrogen-bond donors (Lipinski definition) is 1. The van der Waals surface area contributed by atoms with E-state index < -0.39 is 5.60 Å². The van der Waals surface area contributed by atoms with Gasteiger partial charge in [0.1, 0.15) is 5.75 Å². The largest absolute Gasteiger partial charge is 0.497 e. The van der Waals surface area contributed by atoms with Crippen molar-refractivity contribution < 1.29 is 14.6 Å². The van der Waals surface area contributed by atoms with Gasteiger partial charge >= 0.3 is 0 Å². The summed E-state index contributed by atoms with van der Waals surface area (Å²) in [7, 11) is 1.67. The Morgan fingerprint density at radius 2 is 1.71 bits per heavy atom. The van der Waals surface area contributed by atoms with Crippen LogP contribution in [0.15, 0.2) is 24.3 Å². The Morgan fingerprint density at radius 1 is 1.08 bits per heavy atom. The molecule has 24 heavy (non-hydrogen) atoms. The van der Waals surface area contributed by atoms with Crippen molar-refractivity contribution in [2.24, 2.45) is 0 Å². The Bertz CT molecular complexity index is 544. The summed E-state index contributed by atoms with van der Waals surface area (Å²) in [6.45, 7) is 3.11. The van der Waals surface area contributed by atoms with E-state index >= 15 is 0 Å². The Hall–Kier alpha value is -1.75. The first kappa shape index (κ1) is 17.1. The number of amides is 1. The highest BCUT2D eigenvalue weighted by atomic mass is 16.5. The van der Waals surface area contributed by atoms with E-state index in [0.717, 1.165) is 63.3 Å².